The van der Waals surface area contributed by atoms with E-state index in [0.717, 1.165) is 47.4 Å². The van der Waals surface area contributed by atoms with Crippen molar-refractivity contribution >= 4 is 23.2 Å². The third-order valence-corrected chi connectivity index (χ3v) is 7.69. The van der Waals surface area contributed by atoms with Gasteiger partial charge in [0, 0.05) is 31.1 Å². The van der Waals surface area contributed by atoms with Crippen molar-refractivity contribution in [3.05, 3.63) is 69.9 Å². The second-order valence-corrected chi connectivity index (χ2v) is 10.6. The number of anilines is 2. The molecule has 0 aliphatic heterocycles. The molecule has 0 saturated carbocycles. The number of unbranched alkanes of at least 4 members (excludes halogenated alkanes) is 2. The van der Waals surface area contributed by atoms with Gasteiger partial charge in [-0.3, -0.25) is 14.4 Å². The standard InChI is InChI=1S/C34H41N3O7/c1-21(38)36-27-16-10-22-19-30(42-3)33(43-4)34(44-5)32(22)25-15-17-28(29(39)20-26(25)27)35-18-8-6-7-9-31(40)37-23-11-13-24(41-2)14-12-23/h11-15,17,19-20,27H,6-10,16,18H2,1-5H3,(H,35,39)(H,36,38)(H,37,40). The van der Waals surface area contributed by atoms with E-state index in [0.29, 0.717) is 54.3 Å². The Hall–Kier alpha value is -4.73. The van der Waals surface area contributed by atoms with Gasteiger partial charge in [-0.25, -0.2) is 0 Å². The van der Waals surface area contributed by atoms with Gasteiger partial charge in [-0.1, -0.05) is 12.5 Å². The number of benzene rings is 2. The number of nitrogens with one attached hydrogen (secondary N) is 3. The van der Waals surface area contributed by atoms with Crippen molar-refractivity contribution in [2.45, 2.75) is 51.5 Å². The Morgan fingerprint density at radius 3 is 2.27 bits per heavy atom. The van der Waals surface area contributed by atoms with Crippen LogP contribution in [0.25, 0.3) is 11.1 Å². The van der Waals surface area contributed by atoms with Crippen LogP contribution in [0.15, 0.2) is 53.3 Å². The number of hydrogen-bond donors (Lipinski definition) is 3. The zero-order chi connectivity index (χ0) is 31.6. The molecule has 44 heavy (non-hydrogen) atoms. The lowest BCUT2D eigenvalue weighted by Crippen LogP contribution is -2.26. The van der Waals surface area contributed by atoms with Crippen LogP contribution in [0.5, 0.6) is 23.0 Å². The summed E-state index contributed by atoms with van der Waals surface area (Å²) in [5, 5.41) is 9.19. The molecule has 2 amide bonds. The highest BCUT2D eigenvalue weighted by atomic mass is 16.5. The summed E-state index contributed by atoms with van der Waals surface area (Å²) in [5.74, 6) is 2.04. The Morgan fingerprint density at radius 1 is 0.864 bits per heavy atom. The maximum atomic E-state index is 13.4. The monoisotopic (exact) mass is 603 g/mol. The number of hydrogen-bond acceptors (Lipinski definition) is 8. The van der Waals surface area contributed by atoms with E-state index in [1.807, 2.05) is 12.1 Å². The van der Waals surface area contributed by atoms with Gasteiger partial charge in [0.2, 0.25) is 23.0 Å². The first-order valence-electron chi connectivity index (χ1n) is 14.7. The van der Waals surface area contributed by atoms with Gasteiger partial charge < -0.3 is 34.9 Å². The van der Waals surface area contributed by atoms with Crippen LogP contribution in [0.3, 0.4) is 0 Å². The fourth-order valence-corrected chi connectivity index (χ4v) is 5.56. The molecule has 0 radical (unpaired) electrons. The number of carbonyl (C=O) groups is 2. The van der Waals surface area contributed by atoms with E-state index >= 15 is 0 Å². The van der Waals surface area contributed by atoms with Crippen molar-refractivity contribution in [3.8, 4) is 34.1 Å². The first-order chi connectivity index (χ1) is 21.3. The van der Waals surface area contributed by atoms with E-state index in [1.165, 1.54) is 6.92 Å². The molecule has 1 unspecified atom stereocenters. The van der Waals surface area contributed by atoms with Crippen LogP contribution in [0, 0.1) is 0 Å². The Labute approximate surface area is 258 Å². The molecular weight excluding hydrogens is 562 g/mol. The lowest BCUT2D eigenvalue weighted by atomic mass is 9.95. The summed E-state index contributed by atoms with van der Waals surface area (Å²) < 4.78 is 22.2. The maximum Gasteiger partial charge on any atom is 0.224 e. The zero-order valence-corrected chi connectivity index (χ0v) is 26.0. The van der Waals surface area contributed by atoms with Gasteiger partial charge >= 0.3 is 0 Å². The van der Waals surface area contributed by atoms with Crippen molar-refractivity contribution in [3.63, 3.8) is 0 Å². The Morgan fingerprint density at radius 2 is 1.61 bits per heavy atom. The minimum absolute atomic E-state index is 0.0414. The molecule has 3 N–H and O–H groups in total. The fourth-order valence-electron chi connectivity index (χ4n) is 5.56. The number of ether oxygens (including phenoxy) is 4. The molecular formula is C34H41N3O7. The topological polar surface area (TPSA) is 124 Å². The average molecular weight is 604 g/mol. The predicted molar refractivity (Wildman–Crippen MR) is 171 cm³/mol. The first kappa shape index (κ1) is 32.2. The van der Waals surface area contributed by atoms with Gasteiger partial charge in [0.05, 0.1) is 40.2 Å². The van der Waals surface area contributed by atoms with Crippen molar-refractivity contribution in [1.82, 2.24) is 5.32 Å². The first-order valence-corrected chi connectivity index (χ1v) is 14.7. The van der Waals surface area contributed by atoms with E-state index in [9.17, 15) is 14.4 Å². The van der Waals surface area contributed by atoms with Crippen molar-refractivity contribution < 1.29 is 28.5 Å². The average Bonchev–Trinajstić information content (AvgIpc) is 3.26. The Kier molecular flexibility index (Phi) is 11.1. The second kappa shape index (κ2) is 15.1. The van der Waals surface area contributed by atoms with Gasteiger partial charge in [0.15, 0.2) is 11.5 Å². The molecule has 0 saturated heterocycles. The minimum atomic E-state index is -0.367. The molecule has 4 rings (SSSR count). The zero-order valence-electron chi connectivity index (χ0n) is 26.0. The number of fused-ring (bicyclic) bond motifs is 3. The normalized spacial score (nSPS) is 13.4. The minimum Gasteiger partial charge on any atom is -0.497 e. The molecule has 3 aromatic rings. The van der Waals surface area contributed by atoms with Gasteiger partial charge in [-0.2, -0.15) is 0 Å². The van der Waals surface area contributed by atoms with Gasteiger partial charge in [0.25, 0.3) is 0 Å². The largest absolute Gasteiger partial charge is 0.497 e. The lowest BCUT2D eigenvalue weighted by molar-refractivity contribution is -0.119. The molecule has 0 spiro atoms. The van der Waals surface area contributed by atoms with Crippen LogP contribution >= 0.6 is 0 Å². The Bertz CT molecular complexity index is 1540. The summed E-state index contributed by atoms with van der Waals surface area (Å²) >= 11 is 0. The summed E-state index contributed by atoms with van der Waals surface area (Å²) in [7, 11) is 6.31. The smallest absolute Gasteiger partial charge is 0.224 e. The van der Waals surface area contributed by atoms with Crippen LogP contribution in [-0.2, 0) is 16.0 Å². The number of methoxy groups -OCH3 is 4. The van der Waals surface area contributed by atoms with E-state index in [4.69, 9.17) is 18.9 Å². The number of amides is 2. The number of aryl methyl sites for hydroxylation is 1. The van der Waals surface area contributed by atoms with Gasteiger partial charge in [-0.05, 0) is 84.8 Å². The lowest BCUT2D eigenvalue weighted by Gasteiger charge is -2.19. The molecule has 10 heteroatoms. The molecule has 1 atom stereocenters. The molecule has 0 heterocycles. The van der Waals surface area contributed by atoms with Crippen molar-refractivity contribution in [2.75, 3.05) is 45.6 Å². The van der Waals surface area contributed by atoms with Crippen LogP contribution in [0.1, 0.15) is 56.2 Å². The number of carbonyl (C=O) groups excluding carboxylic acids is 2. The number of rotatable bonds is 13. The summed E-state index contributed by atoms with van der Waals surface area (Å²) in [4.78, 5) is 37.9. The third-order valence-electron chi connectivity index (χ3n) is 7.69. The summed E-state index contributed by atoms with van der Waals surface area (Å²) in [6.07, 6.45) is 3.97. The summed E-state index contributed by atoms with van der Waals surface area (Å²) in [6, 6.07) is 14.1. The van der Waals surface area contributed by atoms with E-state index in [1.54, 1.807) is 64.8 Å². The highest BCUT2D eigenvalue weighted by Gasteiger charge is 2.29. The molecule has 1 aliphatic rings. The Balaban J connectivity index is 1.49. The van der Waals surface area contributed by atoms with Crippen LogP contribution in [0.4, 0.5) is 11.4 Å². The molecule has 1 aliphatic carbocycles. The molecule has 10 nitrogen and oxygen atoms in total. The highest BCUT2D eigenvalue weighted by molar-refractivity contribution is 5.90. The summed E-state index contributed by atoms with van der Waals surface area (Å²) in [5.41, 5.74) is 4.28. The van der Waals surface area contributed by atoms with E-state index in [2.05, 4.69) is 16.0 Å². The second-order valence-electron chi connectivity index (χ2n) is 10.6. The van der Waals surface area contributed by atoms with Crippen LogP contribution < -0.4 is 40.3 Å². The molecule has 234 valence electrons. The van der Waals surface area contributed by atoms with Gasteiger partial charge in [-0.15, -0.1) is 0 Å². The SMILES string of the molecule is COc1ccc(NC(=O)CCCCCNc2ccc3c(cc2=O)C(NC(C)=O)CCc2cc(OC)c(OC)c(OC)c2-3)cc1. The fraction of sp³-hybridized carbons (Fsp3) is 0.382. The molecule has 0 bridgehead atoms. The van der Waals surface area contributed by atoms with E-state index in [-0.39, 0.29) is 23.3 Å². The van der Waals surface area contributed by atoms with Crippen molar-refractivity contribution in [2.24, 2.45) is 0 Å². The molecule has 0 fully saturated rings. The third kappa shape index (κ3) is 7.61. The van der Waals surface area contributed by atoms with E-state index < -0.39 is 0 Å². The predicted octanol–water partition coefficient (Wildman–Crippen LogP) is 5.48. The summed E-state index contributed by atoms with van der Waals surface area (Å²) in [6.45, 7) is 2.05. The van der Waals surface area contributed by atoms with Crippen LogP contribution in [0.2, 0.25) is 0 Å². The molecule has 0 aromatic heterocycles. The quantitative estimate of drug-likeness (QED) is 0.219. The van der Waals surface area contributed by atoms with Crippen LogP contribution in [-0.4, -0.2) is 46.8 Å². The highest BCUT2D eigenvalue weighted by Crippen LogP contribution is 2.50. The molecule has 3 aromatic carbocycles. The van der Waals surface area contributed by atoms with Gasteiger partial charge in [0.1, 0.15) is 5.75 Å². The van der Waals surface area contributed by atoms with Crippen molar-refractivity contribution in [1.29, 1.82) is 0 Å². The maximum absolute atomic E-state index is 13.4.